The van der Waals surface area contributed by atoms with Crippen LogP contribution in [0.3, 0.4) is 0 Å². The number of carbonyl (C=O) groups excluding carboxylic acids is 2. The van der Waals surface area contributed by atoms with Crippen molar-refractivity contribution in [2.75, 3.05) is 18.4 Å². The zero-order valence-electron chi connectivity index (χ0n) is 12.9. The molecule has 5 nitrogen and oxygen atoms in total. The van der Waals surface area contributed by atoms with Crippen LogP contribution < -0.4 is 5.32 Å². The molecular weight excluding hydrogens is 328 g/mol. The number of benzene rings is 2. The molecule has 6 heteroatoms. The number of hydrogen-bond donors (Lipinski definition) is 2. The lowest BCUT2D eigenvalue weighted by Gasteiger charge is -2.18. The largest absolute Gasteiger partial charge is 0.391 e. The Labute approximate surface area is 144 Å². The molecule has 2 amide bonds. The van der Waals surface area contributed by atoms with Crippen LogP contribution in [0.25, 0.3) is 0 Å². The van der Waals surface area contributed by atoms with Gasteiger partial charge in [0.15, 0.2) is 0 Å². The number of halogens is 1. The van der Waals surface area contributed by atoms with Gasteiger partial charge in [-0.25, -0.2) is 0 Å². The van der Waals surface area contributed by atoms with Gasteiger partial charge in [-0.2, -0.15) is 0 Å². The zero-order chi connectivity index (χ0) is 17.1. The monoisotopic (exact) mass is 344 g/mol. The predicted octanol–water partition coefficient (Wildman–Crippen LogP) is 2.80. The van der Waals surface area contributed by atoms with Gasteiger partial charge in [0.2, 0.25) is 0 Å². The van der Waals surface area contributed by atoms with Crippen LogP contribution in [0.4, 0.5) is 5.69 Å². The molecule has 1 atom stereocenters. The number of nitrogens with one attached hydrogen (secondary N) is 1. The van der Waals surface area contributed by atoms with Crippen molar-refractivity contribution in [3.05, 3.63) is 64.7 Å². The number of aliphatic hydroxyl groups is 1. The molecule has 1 aliphatic rings. The van der Waals surface area contributed by atoms with Gasteiger partial charge in [-0.3, -0.25) is 9.59 Å². The summed E-state index contributed by atoms with van der Waals surface area (Å²) in [4.78, 5) is 26.6. The number of nitrogens with zero attached hydrogens (tertiary/aromatic N) is 1. The molecule has 0 saturated carbocycles. The topological polar surface area (TPSA) is 69.6 Å². The van der Waals surface area contributed by atoms with E-state index >= 15 is 0 Å². The van der Waals surface area contributed by atoms with Crippen LogP contribution in [0.1, 0.15) is 27.1 Å². The van der Waals surface area contributed by atoms with E-state index in [0.717, 1.165) is 0 Å². The molecule has 0 spiro atoms. The van der Waals surface area contributed by atoms with Crippen molar-refractivity contribution in [3.63, 3.8) is 0 Å². The lowest BCUT2D eigenvalue weighted by atomic mass is 10.1. The van der Waals surface area contributed by atoms with Crippen molar-refractivity contribution in [2.45, 2.75) is 12.5 Å². The summed E-state index contributed by atoms with van der Waals surface area (Å²) in [6, 6.07) is 13.4. The summed E-state index contributed by atoms with van der Waals surface area (Å²) in [5.74, 6) is -0.507. The van der Waals surface area contributed by atoms with Gasteiger partial charge in [-0.1, -0.05) is 23.7 Å². The average molecular weight is 345 g/mol. The smallest absolute Gasteiger partial charge is 0.256 e. The third-order valence-electron chi connectivity index (χ3n) is 3.96. The van der Waals surface area contributed by atoms with Crippen molar-refractivity contribution in [3.8, 4) is 0 Å². The van der Waals surface area contributed by atoms with E-state index in [1.165, 1.54) is 0 Å². The van der Waals surface area contributed by atoms with Crippen LogP contribution in [0.15, 0.2) is 48.5 Å². The van der Waals surface area contributed by atoms with E-state index in [2.05, 4.69) is 5.32 Å². The minimum atomic E-state index is -0.482. The van der Waals surface area contributed by atoms with E-state index in [9.17, 15) is 14.7 Å². The number of carbonyl (C=O) groups is 2. The lowest BCUT2D eigenvalue weighted by Crippen LogP contribution is -2.30. The molecule has 1 fully saturated rings. The van der Waals surface area contributed by atoms with Gasteiger partial charge in [0.1, 0.15) is 0 Å². The van der Waals surface area contributed by atoms with Crippen LogP contribution in [0.2, 0.25) is 5.02 Å². The first kappa shape index (κ1) is 16.5. The van der Waals surface area contributed by atoms with Crippen molar-refractivity contribution in [1.82, 2.24) is 4.90 Å². The van der Waals surface area contributed by atoms with Crippen LogP contribution in [0.5, 0.6) is 0 Å². The molecule has 24 heavy (non-hydrogen) atoms. The number of anilines is 1. The molecule has 0 unspecified atom stereocenters. The summed E-state index contributed by atoms with van der Waals surface area (Å²) < 4.78 is 0. The highest BCUT2D eigenvalue weighted by molar-refractivity contribution is 6.30. The standard InChI is InChI=1S/C18H17ClN2O3/c19-13-7-5-12(6-8-13)17(23)20-16-4-2-1-3-15(16)18(24)21-10-9-14(22)11-21/h1-8,14,22H,9-11H2,(H,20,23)/t14-/m1/s1. The van der Waals surface area contributed by atoms with Crippen LogP contribution >= 0.6 is 11.6 Å². The Balaban J connectivity index is 1.80. The van der Waals surface area contributed by atoms with E-state index < -0.39 is 6.10 Å². The summed E-state index contributed by atoms with van der Waals surface area (Å²) in [7, 11) is 0. The maximum Gasteiger partial charge on any atom is 0.256 e. The van der Waals surface area contributed by atoms with Crippen molar-refractivity contribution in [2.24, 2.45) is 0 Å². The molecule has 1 aliphatic heterocycles. The Kier molecular flexibility index (Phi) is 4.83. The average Bonchev–Trinajstić information content (AvgIpc) is 3.02. The molecule has 2 aromatic carbocycles. The number of para-hydroxylation sites is 1. The van der Waals surface area contributed by atoms with E-state index in [1.54, 1.807) is 53.4 Å². The fraction of sp³-hybridized carbons (Fsp3) is 0.222. The molecule has 3 rings (SSSR count). The maximum atomic E-state index is 12.6. The highest BCUT2D eigenvalue weighted by atomic mass is 35.5. The molecule has 0 radical (unpaired) electrons. The first-order valence-corrected chi connectivity index (χ1v) is 8.05. The molecule has 0 aromatic heterocycles. The molecule has 1 heterocycles. The third-order valence-corrected chi connectivity index (χ3v) is 4.21. The lowest BCUT2D eigenvalue weighted by molar-refractivity contribution is 0.0766. The van der Waals surface area contributed by atoms with E-state index in [-0.39, 0.29) is 11.8 Å². The number of hydrogen-bond acceptors (Lipinski definition) is 3. The Bertz CT molecular complexity index is 761. The van der Waals surface area contributed by atoms with Gasteiger partial charge in [-0.05, 0) is 42.8 Å². The van der Waals surface area contributed by atoms with Gasteiger partial charge in [0, 0.05) is 23.7 Å². The Morgan fingerprint density at radius 1 is 1.12 bits per heavy atom. The third kappa shape index (κ3) is 3.58. The summed E-state index contributed by atoms with van der Waals surface area (Å²) in [6.45, 7) is 0.831. The summed E-state index contributed by atoms with van der Waals surface area (Å²) >= 11 is 5.83. The molecule has 1 saturated heterocycles. The minimum Gasteiger partial charge on any atom is -0.391 e. The maximum absolute atomic E-state index is 12.6. The van der Waals surface area contributed by atoms with Crippen molar-refractivity contribution >= 4 is 29.1 Å². The second-order valence-corrected chi connectivity index (χ2v) is 6.14. The molecule has 124 valence electrons. The quantitative estimate of drug-likeness (QED) is 0.899. The van der Waals surface area contributed by atoms with Gasteiger partial charge < -0.3 is 15.3 Å². The van der Waals surface area contributed by atoms with Gasteiger partial charge >= 0.3 is 0 Å². The van der Waals surface area contributed by atoms with Gasteiger partial charge in [0.25, 0.3) is 11.8 Å². The van der Waals surface area contributed by atoms with Crippen molar-refractivity contribution in [1.29, 1.82) is 0 Å². The summed E-state index contributed by atoms with van der Waals surface area (Å²) in [6.07, 6.45) is 0.0928. The molecule has 0 aliphatic carbocycles. The van der Waals surface area contributed by atoms with Crippen molar-refractivity contribution < 1.29 is 14.7 Å². The first-order valence-electron chi connectivity index (χ1n) is 7.68. The fourth-order valence-electron chi connectivity index (χ4n) is 2.67. The molecule has 0 bridgehead atoms. The molecular formula is C18H17ClN2O3. The van der Waals surface area contributed by atoms with E-state index in [4.69, 9.17) is 11.6 Å². The van der Waals surface area contributed by atoms with E-state index in [0.29, 0.717) is 41.3 Å². The van der Waals surface area contributed by atoms with Crippen LogP contribution in [-0.2, 0) is 0 Å². The number of amides is 2. The fourth-order valence-corrected chi connectivity index (χ4v) is 2.80. The number of β-amino-alcohol motifs (C(OH)–C–C–N with tert-alkyl or cyclic N) is 1. The Morgan fingerprint density at radius 2 is 1.83 bits per heavy atom. The second-order valence-electron chi connectivity index (χ2n) is 5.70. The van der Waals surface area contributed by atoms with Gasteiger partial charge in [0.05, 0.1) is 17.4 Å². The van der Waals surface area contributed by atoms with Crippen LogP contribution in [-0.4, -0.2) is 41.0 Å². The Hall–Kier alpha value is -2.37. The van der Waals surface area contributed by atoms with Gasteiger partial charge in [-0.15, -0.1) is 0 Å². The van der Waals surface area contributed by atoms with E-state index in [1.807, 2.05) is 0 Å². The molecule has 2 N–H and O–H groups in total. The normalized spacial score (nSPS) is 16.9. The molecule has 2 aromatic rings. The SMILES string of the molecule is O=C(Nc1ccccc1C(=O)N1CC[C@@H](O)C1)c1ccc(Cl)cc1. The summed E-state index contributed by atoms with van der Waals surface area (Å²) in [5.41, 5.74) is 1.32. The number of likely N-dealkylation sites (tertiary alicyclic amines) is 1. The predicted molar refractivity (Wildman–Crippen MR) is 92.4 cm³/mol. The highest BCUT2D eigenvalue weighted by Gasteiger charge is 2.27. The Morgan fingerprint density at radius 3 is 2.50 bits per heavy atom. The zero-order valence-corrected chi connectivity index (χ0v) is 13.7. The summed E-state index contributed by atoms with van der Waals surface area (Å²) in [5, 5.41) is 12.9. The van der Waals surface area contributed by atoms with Crippen LogP contribution in [0, 0.1) is 0 Å². The highest BCUT2D eigenvalue weighted by Crippen LogP contribution is 2.21. The number of rotatable bonds is 3. The minimum absolute atomic E-state index is 0.196. The second kappa shape index (κ2) is 7.03. The first-order chi connectivity index (χ1) is 11.5. The number of aliphatic hydroxyl groups excluding tert-OH is 1.